The lowest BCUT2D eigenvalue weighted by Gasteiger charge is -1.98. The number of rotatable bonds is 2. The van der Waals surface area contributed by atoms with E-state index in [9.17, 15) is 0 Å². The van der Waals surface area contributed by atoms with Crippen molar-refractivity contribution in [3.63, 3.8) is 0 Å². The number of aromatic amines is 1. The molecule has 3 rings (SSSR count). The lowest BCUT2D eigenvalue weighted by molar-refractivity contribution is 1.06. The van der Waals surface area contributed by atoms with E-state index in [1.807, 2.05) is 12.3 Å². The first-order chi connectivity index (χ1) is 8.22. The molecule has 0 fully saturated rings. The number of halogens is 1. The Morgan fingerprint density at radius 3 is 3.00 bits per heavy atom. The van der Waals surface area contributed by atoms with E-state index in [-0.39, 0.29) is 5.28 Å². The fraction of sp³-hybridized carbons (Fsp3) is 0.111. The fourth-order valence-electron chi connectivity index (χ4n) is 1.32. The molecular weight excluding hydrogens is 278 g/mol. The maximum atomic E-state index is 5.85. The van der Waals surface area contributed by atoms with Crippen molar-refractivity contribution in [1.29, 1.82) is 0 Å². The zero-order valence-corrected chi connectivity index (χ0v) is 11.0. The summed E-state index contributed by atoms with van der Waals surface area (Å²) in [7, 11) is 0. The Morgan fingerprint density at radius 2 is 2.24 bits per heavy atom. The van der Waals surface area contributed by atoms with Crippen LogP contribution in [0.2, 0.25) is 5.28 Å². The number of nitrogens with zero attached hydrogens (tertiary/aromatic N) is 4. The van der Waals surface area contributed by atoms with E-state index in [2.05, 4.69) is 25.1 Å². The molecule has 0 saturated carbocycles. The smallest absolute Gasteiger partial charge is 0.225 e. The number of aryl methyl sites for hydroxylation is 1. The molecule has 8 heteroatoms. The van der Waals surface area contributed by atoms with E-state index in [1.165, 1.54) is 11.8 Å². The van der Waals surface area contributed by atoms with Crippen molar-refractivity contribution in [2.45, 2.75) is 16.3 Å². The summed E-state index contributed by atoms with van der Waals surface area (Å²) < 4.78 is 0.930. The van der Waals surface area contributed by atoms with Crippen LogP contribution in [0.3, 0.4) is 0 Å². The van der Waals surface area contributed by atoms with E-state index in [4.69, 9.17) is 11.6 Å². The van der Waals surface area contributed by atoms with Crippen molar-refractivity contribution in [1.82, 2.24) is 25.1 Å². The number of hydrogen-bond donors (Lipinski definition) is 1. The van der Waals surface area contributed by atoms with Gasteiger partial charge in [0.2, 0.25) is 5.28 Å². The molecule has 17 heavy (non-hydrogen) atoms. The molecule has 0 atom stereocenters. The number of H-pyrrole nitrogens is 1. The van der Waals surface area contributed by atoms with Gasteiger partial charge in [-0.1, -0.05) is 0 Å². The first-order valence-corrected chi connectivity index (χ1v) is 6.76. The fourth-order valence-corrected chi connectivity index (χ4v) is 3.38. The molecule has 3 aromatic rings. The number of hydrogen-bond acceptors (Lipinski definition) is 6. The van der Waals surface area contributed by atoms with Crippen molar-refractivity contribution in [2.75, 3.05) is 0 Å². The molecule has 0 saturated heterocycles. The Balaban J connectivity index is 2.07. The molecule has 0 aliphatic rings. The molecule has 3 aromatic heterocycles. The molecule has 86 valence electrons. The normalized spacial score (nSPS) is 11.2. The molecule has 0 spiro atoms. The Bertz CT molecular complexity index is 677. The lowest BCUT2D eigenvalue weighted by atomic mass is 10.4. The van der Waals surface area contributed by atoms with Gasteiger partial charge in [-0.05, 0) is 30.3 Å². The summed E-state index contributed by atoms with van der Waals surface area (Å²) in [5, 5.41) is 10.5. The highest BCUT2D eigenvalue weighted by molar-refractivity contribution is 8.01. The van der Waals surface area contributed by atoms with E-state index in [0.717, 1.165) is 20.4 Å². The third-order valence-electron chi connectivity index (χ3n) is 2.03. The van der Waals surface area contributed by atoms with Crippen molar-refractivity contribution >= 4 is 45.7 Å². The van der Waals surface area contributed by atoms with Crippen molar-refractivity contribution in [3.05, 3.63) is 22.6 Å². The van der Waals surface area contributed by atoms with Gasteiger partial charge in [-0.2, -0.15) is 10.1 Å². The molecule has 1 N–H and O–H groups in total. The van der Waals surface area contributed by atoms with Crippen LogP contribution in [0.4, 0.5) is 0 Å². The maximum Gasteiger partial charge on any atom is 0.225 e. The highest BCUT2D eigenvalue weighted by Gasteiger charge is 2.11. The highest BCUT2D eigenvalue weighted by Crippen LogP contribution is 2.33. The average Bonchev–Trinajstić information content (AvgIpc) is 2.87. The van der Waals surface area contributed by atoms with Gasteiger partial charge in [0.1, 0.15) is 5.03 Å². The van der Waals surface area contributed by atoms with Gasteiger partial charge in [0.15, 0.2) is 9.99 Å². The Labute approximate surface area is 110 Å². The highest BCUT2D eigenvalue weighted by atomic mass is 35.5. The van der Waals surface area contributed by atoms with Gasteiger partial charge in [0.05, 0.1) is 11.6 Å². The van der Waals surface area contributed by atoms with E-state index in [0.29, 0.717) is 5.65 Å². The zero-order chi connectivity index (χ0) is 11.8. The van der Waals surface area contributed by atoms with Crippen molar-refractivity contribution in [3.8, 4) is 0 Å². The van der Waals surface area contributed by atoms with Crippen LogP contribution in [0.5, 0.6) is 0 Å². The van der Waals surface area contributed by atoms with Crippen LogP contribution < -0.4 is 0 Å². The summed E-state index contributed by atoms with van der Waals surface area (Å²) in [4.78, 5) is 12.6. The van der Waals surface area contributed by atoms with Crippen LogP contribution in [0.1, 0.15) is 5.69 Å². The Morgan fingerprint density at radius 1 is 1.35 bits per heavy atom. The summed E-state index contributed by atoms with van der Waals surface area (Å²) >= 11 is 8.90. The monoisotopic (exact) mass is 283 g/mol. The minimum absolute atomic E-state index is 0.206. The summed E-state index contributed by atoms with van der Waals surface area (Å²) in [6.45, 7) is 1.96. The second kappa shape index (κ2) is 4.25. The van der Waals surface area contributed by atoms with Gasteiger partial charge in [0.25, 0.3) is 0 Å². The van der Waals surface area contributed by atoms with Gasteiger partial charge in [-0.15, -0.1) is 11.3 Å². The molecule has 0 aromatic carbocycles. The third-order valence-corrected chi connectivity index (χ3v) is 4.26. The number of aromatic nitrogens is 5. The first-order valence-electron chi connectivity index (χ1n) is 4.69. The van der Waals surface area contributed by atoms with Gasteiger partial charge in [-0.3, -0.25) is 5.10 Å². The summed E-state index contributed by atoms with van der Waals surface area (Å²) in [6.07, 6.45) is 1.69. The van der Waals surface area contributed by atoms with Crippen molar-refractivity contribution < 1.29 is 0 Å². The largest absolute Gasteiger partial charge is 0.261 e. The van der Waals surface area contributed by atoms with E-state index < -0.39 is 0 Å². The van der Waals surface area contributed by atoms with Gasteiger partial charge >= 0.3 is 0 Å². The first kappa shape index (κ1) is 10.9. The quantitative estimate of drug-likeness (QED) is 0.578. The number of thiazole rings is 1. The van der Waals surface area contributed by atoms with E-state index >= 15 is 0 Å². The standard InChI is InChI=1S/C9H6ClN5S2/c1-4-3-16-9(12-4)17-7-5-2-11-15-6(5)13-8(10)14-7/h2-3H,1H3,(H,11,13,14,15). The lowest BCUT2D eigenvalue weighted by Crippen LogP contribution is -1.87. The Hall–Kier alpha value is -1.18. The molecule has 3 heterocycles. The van der Waals surface area contributed by atoms with Gasteiger partial charge in [0, 0.05) is 11.1 Å². The van der Waals surface area contributed by atoms with Crippen LogP contribution >= 0.6 is 34.7 Å². The minimum atomic E-state index is 0.206. The molecule has 0 radical (unpaired) electrons. The summed E-state index contributed by atoms with van der Waals surface area (Å²) in [5.74, 6) is 0. The van der Waals surface area contributed by atoms with Crippen LogP contribution in [-0.4, -0.2) is 25.1 Å². The zero-order valence-electron chi connectivity index (χ0n) is 8.64. The molecule has 0 aliphatic carbocycles. The molecule has 0 amide bonds. The average molecular weight is 284 g/mol. The topological polar surface area (TPSA) is 67.3 Å². The number of fused-ring (bicyclic) bond motifs is 1. The summed E-state index contributed by atoms with van der Waals surface area (Å²) in [5.41, 5.74) is 1.64. The Kier molecular flexibility index (Phi) is 2.73. The van der Waals surface area contributed by atoms with E-state index in [1.54, 1.807) is 17.5 Å². The predicted molar refractivity (Wildman–Crippen MR) is 67.7 cm³/mol. The molecule has 0 aliphatic heterocycles. The van der Waals surface area contributed by atoms with Crippen LogP contribution in [-0.2, 0) is 0 Å². The molecule has 0 unspecified atom stereocenters. The molecular formula is C9H6ClN5S2. The van der Waals surface area contributed by atoms with Crippen LogP contribution in [0, 0.1) is 6.92 Å². The van der Waals surface area contributed by atoms with Crippen molar-refractivity contribution in [2.24, 2.45) is 0 Å². The van der Waals surface area contributed by atoms with Crippen LogP contribution in [0.15, 0.2) is 20.9 Å². The third kappa shape index (κ3) is 2.13. The minimum Gasteiger partial charge on any atom is -0.261 e. The summed E-state index contributed by atoms with van der Waals surface area (Å²) in [6, 6.07) is 0. The number of nitrogens with one attached hydrogen (secondary N) is 1. The maximum absolute atomic E-state index is 5.85. The molecule has 5 nitrogen and oxygen atoms in total. The second-order valence-corrected chi connectivity index (χ2v) is 5.72. The van der Waals surface area contributed by atoms with Gasteiger partial charge in [-0.25, -0.2) is 9.97 Å². The van der Waals surface area contributed by atoms with Gasteiger partial charge < -0.3 is 0 Å². The SMILES string of the molecule is Cc1csc(Sc2nc(Cl)nc3[nH]ncc23)n1. The van der Waals surface area contributed by atoms with Crippen LogP contribution in [0.25, 0.3) is 11.0 Å². The predicted octanol–water partition coefficient (Wildman–Crippen LogP) is 2.92. The molecule has 0 bridgehead atoms. The second-order valence-electron chi connectivity index (χ2n) is 3.29.